The smallest absolute Gasteiger partial charge is 0.379 e. The fourth-order valence-electron chi connectivity index (χ4n) is 2.37. The maximum atomic E-state index is 12.6. The number of hydrogen-bond donors (Lipinski definition) is 2. The molecule has 2 N–H and O–H groups in total. The van der Waals surface area contributed by atoms with E-state index in [-0.39, 0.29) is 36.7 Å². The SMILES string of the molecule is CC(C(=O)N1CCC(O)(C(F)(F)F)C1)C1CNC1.Cl. The number of aliphatic hydroxyl groups is 1. The fraction of sp³-hybridized carbons (Fsp3) is 0.909. The number of alkyl halides is 3. The van der Waals surface area contributed by atoms with Crippen molar-refractivity contribution in [2.45, 2.75) is 25.1 Å². The molecule has 0 aliphatic carbocycles. The zero-order valence-corrected chi connectivity index (χ0v) is 11.4. The van der Waals surface area contributed by atoms with Gasteiger partial charge in [-0.1, -0.05) is 6.92 Å². The number of rotatable bonds is 2. The van der Waals surface area contributed by atoms with Crippen LogP contribution in [-0.4, -0.2) is 53.9 Å². The second-order valence-corrected chi connectivity index (χ2v) is 5.25. The summed E-state index contributed by atoms with van der Waals surface area (Å²) < 4.78 is 37.9. The number of hydrogen-bond acceptors (Lipinski definition) is 3. The highest BCUT2D eigenvalue weighted by atomic mass is 35.5. The molecule has 2 saturated heterocycles. The van der Waals surface area contributed by atoms with Crippen LogP contribution < -0.4 is 5.32 Å². The summed E-state index contributed by atoms with van der Waals surface area (Å²) in [6, 6.07) is 0. The Kier molecular flexibility index (Phi) is 4.75. The van der Waals surface area contributed by atoms with Gasteiger partial charge in [0.1, 0.15) is 0 Å². The third-order valence-corrected chi connectivity index (χ3v) is 4.00. The van der Waals surface area contributed by atoms with Gasteiger partial charge in [0, 0.05) is 18.9 Å². The van der Waals surface area contributed by atoms with Crippen LogP contribution in [0.3, 0.4) is 0 Å². The third-order valence-electron chi connectivity index (χ3n) is 4.00. The van der Waals surface area contributed by atoms with E-state index in [1.54, 1.807) is 6.92 Å². The summed E-state index contributed by atoms with van der Waals surface area (Å²) in [5, 5.41) is 12.5. The van der Waals surface area contributed by atoms with Gasteiger partial charge in [-0.3, -0.25) is 4.79 Å². The molecule has 0 aromatic heterocycles. The van der Waals surface area contributed by atoms with Crippen molar-refractivity contribution >= 4 is 18.3 Å². The van der Waals surface area contributed by atoms with Gasteiger partial charge in [0.2, 0.25) is 5.91 Å². The number of halogens is 4. The second-order valence-electron chi connectivity index (χ2n) is 5.25. The Morgan fingerprint density at radius 3 is 2.42 bits per heavy atom. The summed E-state index contributed by atoms with van der Waals surface area (Å²) in [6.45, 7) is 2.52. The monoisotopic (exact) mass is 302 g/mol. The molecule has 2 aliphatic heterocycles. The summed E-state index contributed by atoms with van der Waals surface area (Å²) >= 11 is 0. The molecule has 19 heavy (non-hydrogen) atoms. The number of nitrogens with zero attached hydrogens (tertiary/aromatic N) is 1. The fourth-order valence-corrected chi connectivity index (χ4v) is 2.37. The van der Waals surface area contributed by atoms with E-state index in [9.17, 15) is 23.1 Å². The summed E-state index contributed by atoms with van der Waals surface area (Å²) in [4.78, 5) is 13.1. The molecule has 4 nitrogen and oxygen atoms in total. The molecule has 1 amide bonds. The standard InChI is InChI=1S/C11H17F3N2O2.ClH/c1-7(8-4-15-5-8)9(17)16-3-2-10(18,6-16)11(12,13)14;/h7-8,15,18H,2-6H2,1H3;1H. The first-order valence-electron chi connectivity index (χ1n) is 6.03. The van der Waals surface area contributed by atoms with Crippen molar-refractivity contribution in [3.05, 3.63) is 0 Å². The van der Waals surface area contributed by atoms with Crippen molar-refractivity contribution in [3.8, 4) is 0 Å². The molecule has 2 fully saturated rings. The Balaban J connectivity index is 0.00000180. The first-order chi connectivity index (χ1) is 8.24. The van der Waals surface area contributed by atoms with E-state index in [0.717, 1.165) is 18.0 Å². The summed E-state index contributed by atoms with van der Waals surface area (Å²) in [5.41, 5.74) is -2.74. The Morgan fingerprint density at radius 1 is 1.47 bits per heavy atom. The van der Waals surface area contributed by atoms with Gasteiger partial charge in [-0.25, -0.2) is 0 Å². The maximum Gasteiger partial charge on any atom is 0.419 e. The lowest BCUT2D eigenvalue weighted by Gasteiger charge is -2.34. The number of likely N-dealkylation sites (tertiary alicyclic amines) is 1. The second kappa shape index (κ2) is 5.46. The predicted octanol–water partition coefficient (Wildman–Crippen LogP) is 0.789. The van der Waals surface area contributed by atoms with Gasteiger partial charge < -0.3 is 15.3 Å². The molecule has 112 valence electrons. The van der Waals surface area contributed by atoms with E-state index in [1.807, 2.05) is 0 Å². The quantitative estimate of drug-likeness (QED) is 0.793. The Labute approximate surface area is 115 Å². The third kappa shape index (κ3) is 2.98. The molecular formula is C11H18ClF3N2O2. The van der Waals surface area contributed by atoms with Gasteiger partial charge in [-0.15, -0.1) is 12.4 Å². The van der Waals surface area contributed by atoms with Crippen LogP contribution >= 0.6 is 12.4 Å². The van der Waals surface area contributed by atoms with E-state index >= 15 is 0 Å². The van der Waals surface area contributed by atoms with Crippen LogP contribution in [-0.2, 0) is 4.79 Å². The van der Waals surface area contributed by atoms with Gasteiger partial charge in [0.05, 0.1) is 6.54 Å². The number of amides is 1. The number of nitrogens with one attached hydrogen (secondary N) is 1. The molecule has 8 heteroatoms. The molecule has 2 unspecified atom stereocenters. The topological polar surface area (TPSA) is 52.6 Å². The van der Waals surface area contributed by atoms with E-state index in [4.69, 9.17) is 0 Å². The van der Waals surface area contributed by atoms with Crippen LogP contribution in [0.4, 0.5) is 13.2 Å². The highest BCUT2D eigenvalue weighted by Crippen LogP contribution is 2.38. The van der Waals surface area contributed by atoms with Crippen molar-refractivity contribution < 1.29 is 23.1 Å². The molecule has 0 spiro atoms. The van der Waals surface area contributed by atoms with Gasteiger partial charge >= 0.3 is 6.18 Å². The minimum absolute atomic E-state index is 0. The molecule has 2 atom stereocenters. The van der Waals surface area contributed by atoms with Crippen molar-refractivity contribution in [1.82, 2.24) is 10.2 Å². The van der Waals surface area contributed by atoms with E-state index in [0.29, 0.717) is 0 Å². The van der Waals surface area contributed by atoms with E-state index in [1.165, 1.54) is 0 Å². The zero-order chi connectivity index (χ0) is 13.6. The Morgan fingerprint density at radius 2 is 2.05 bits per heavy atom. The highest BCUT2D eigenvalue weighted by molar-refractivity contribution is 5.85. The predicted molar refractivity (Wildman–Crippen MR) is 65.0 cm³/mol. The number of carbonyl (C=O) groups excluding carboxylic acids is 1. The van der Waals surface area contributed by atoms with E-state index < -0.39 is 24.7 Å². The maximum absolute atomic E-state index is 12.6. The molecule has 0 bridgehead atoms. The van der Waals surface area contributed by atoms with Gasteiger partial charge in [0.15, 0.2) is 5.60 Å². The molecule has 0 aromatic carbocycles. The van der Waals surface area contributed by atoms with Crippen molar-refractivity contribution in [2.75, 3.05) is 26.2 Å². The summed E-state index contributed by atoms with van der Waals surface area (Å²) in [5.74, 6) is -0.388. The molecule has 2 heterocycles. The van der Waals surface area contributed by atoms with Crippen LogP contribution in [0.1, 0.15) is 13.3 Å². The molecule has 0 aromatic rings. The van der Waals surface area contributed by atoms with Crippen LogP contribution in [0.2, 0.25) is 0 Å². The summed E-state index contributed by atoms with van der Waals surface area (Å²) in [7, 11) is 0. The van der Waals surface area contributed by atoms with E-state index in [2.05, 4.69) is 5.32 Å². The van der Waals surface area contributed by atoms with Crippen molar-refractivity contribution in [1.29, 1.82) is 0 Å². The van der Waals surface area contributed by atoms with Crippen LogP contribution in [0.25, 0.3) is 0 Å². The van der Waals surface area contributed by atoms with Crippen molar-refractivity contribution in [2.24, 2.45) is 11.8 Å². The average Bonchev–Trinajstić information content (AvgIpc) is 2.57. The van der Waals surface area contributed by atoms with Gasteiger partial charge in [-0.05, 0) is 19.0 Å². The van der Waals surface area contributed by atoms with Crippen LogP contribution in [0.5, 0.6) is 0 Å². The molecule has 2 aliphatic rings. The molecule has 0 saturated carbocycles. The summed E-state index contributed by atoms with van der Waals surface area (Å²) in [6.07, 6.45) is -5.11. The number of β-amino-alcohol motifs (C(OH)–C–C–N with tert-alkyl or cyclic N) is 1. The first-order valence-corrected chi connectivity index (χ1v) is 6.03. The average molecular weight is 303 g/mol. The van der Waals surface area contributed by atoms with Crippen LogP contribution in [0.15, 0.2) is 0 Å². The largest absolute Gasteiger partial charge is 0.419 e. The lowest BCUT2D eigenvalue weighted by Crippen LogP contribution is -2.52. The molecule has 0 radical (unpaired) electrons. The van der Waals surface area contributed by atoms with Crippen LogP contribution in [0, 0.1) is 11.8 Å². The molecule has 2 rings (SSSR count). The minimum atomic E-state index is -4.68. The van der Waals surface area contributed by atoms with Gasteiger partial charge in [0.25, 0.3) is 0 Å². The Bertz CT molecular complexity index is 349. The normalized spacial score (nSPS) is 29.6. The minimum Gasteiger partial charge on any atom is -0.379 e. The number of carbonyl (C=O) groups is 1. The molecular weight excluding hydrogens is 285 g/mol. The highest BCUT2D eigenvalue weighted by Gasteiger charge is 2.58. The van der Waals surface area contributed by atoms with Crippen molar-refractivity contribution in [3.63, 3.8) is 0 Å². The lowest BCUT2D eigenvalue weighted by molar-refractivity contribution is -0.253. The first kappa shape index (κ1) is 16.5. The van der Waals surface area contributed by atoms with Gasteiger partial charge in [-0.2, -0.15) is 13.2 Å². The Hall–Kier alpha value is -0.530. The lowest BCUT2D eigenvalue weighted by atomic mass is 9.88. The zero-order valence-electron chi connectivity index (χ0n) is 10.5.